The Bertz CT molecular complexity index is 1660. The molecule has 1 saturated heterocycles. The molecule has 238 valence electrons. The number of aliphatic hydroxyl groups excluding tert-OH is 1. The van der Waals surface area contributed by atoms with E-state index in [0.717, 1.165) is 88.8 Å². The van der Waals surface area contributed by atoms with Crippen LogP contribution in [-0.2, 0) is 4.74 Å². The minimum Gasteiger partial charge on any atom is -0.511 e. The average Bonchev–Trinajstić information content (AvgIpc) is 3.76. The van der Waals surface area contributed by atoms with Gasteiger partial charge >= 0.3 is 0 Å². The molecule has 0 saturated carbocycles. The fraction of sp³-hybridized carbons (Fsp3) is 0.513. The second kappa shape index (κ2) is 12.7. The number of nitrogens with zero attached hydrogens (tertiary/aromatic N) is 3. The van der Waals surface area contributed by atoms with Gasteiger partial charge in [0.05, 0.1) is 40.3 Å². The molecule has 0 amide bonds. The maximum absolute atomic E-state index is 11.2. The van der Waals surface area contributed by atoms with Crippen LogP contribution in [0.25, 0.3) is 0 Å². The Balaban J connectivity index is 1.52. The normalized spacial score (nSPS) is 24.8. The van der Waals surface area contributed by atoms with Crippen LogP contribution in [0, 0.1) is 11.8 Å². The van der Waals surface area contributed by atoms with Crippen molar-refractivity contribution in [3.8, 4) is 0 Å². The van der Waals surface area contributed by atoms with Crippen LogP contribution in [0.5, 0.6) is 0 Å². The smallest absolute Gasteiger partial charge is 0.106 e. The molecule has 5 heterocycles. The van der Waals surface area contributed by atoms with Crippen LogP contribution >= 0.6 is 0 Å². The lowest BCUT2D eigenvalue weighted by Crippen LogP contribution is -2.19. The molecule has 6 nitrogen and oxygen atoms in total. The first-order valence-electron chi connectivity index (χ1n) is 17.3. The molecule has 6 heteroatoms. The third-order valence-corrected chi connectivity index (χ3v) is 10.4. The third kappa shape index (κ3) is 5.49. The molecule has 2 N–H and O–H groups in total. The van der Waals surface area contributed by atoms with E-state index in [0.29, 0.717) is 24.0 Å². The van der Waals surface area contributed by atoms with E-state index in [1.807, 2.05) is 0 Å². The molecular weight excluding hydrogens is 556 g/mol. The van der Waals surface area contributed by atoms with E-state index in [2.05, 4.69) is 78.9 Å². The van der Waals surface area contributed by atoms with Gasteiger partial charge in [-0.05, 0) is 87.5 Å². The van der Waals surface area contributed by atoms with Crippen LogP contribution in [0.2, 0.25) is 0 Å². The summed E-state index contributed by atoms with van der Waals surface area (Å²) in [6.45, 7) is 18.4. The molecule has 6 aliphatic rings. The topological polar surface area (TPSA) is 78.6 Å². The van der Waals surface area contributed by atoms with Gasteiger partial charge in [0.2, 0.25) is 0 Å². The minimum absolute atomic E-state index is 0.0657. The number of unbranched alkanes of at least 4 members (excludes halogenated alkanes) is 3. The van der Waals surface area contributed by atoms with Crippen LogP contribution in [-0.4, -0.2) is 35.0 Å². The lowest BCUT2D eigenvalue weighted by Gasteiger charge is -2.17. The Morgan fingerprint density at radius 2 is 1.71 bits per heavy atom. The van der Waals surface area contributed by atoms with Gasteiger partial charge in [0.15, 0.2) is 0 Å². The second-order valence-electron chi connectivity index (χ2n) is 13.4. The van der Waals surface area contributed by atoms with Gasteiger partial charge < -0.3 is 15.2 Å². The average molecular weight is 607 g/mol. The van der Waals surface area contributed by atoms with Crippen LogP contribution in [0.15, 0.2) is 106 Å². The van der Waals surface area contributed by atoms with E-state index >= 15 is 0 Å². The molecule has 0 aromatic carbocycles. The first-order chi connectivity index (χ1) is 21.7. The summed E-state index contributed by atoms with van der Waals surface area (Å²) >= 11 is 0. The van der Waals surface area contributed by atoms with Crippen molar-refractivity contribution in [3.05, 3.63) is 91.5 Å². The van der Waals surface area contributed by atoms with Crippen molar-refractivity contribution >= 4 is 17.1 Å². The maximum atomic E-state index is 11.2. The lowest BCUT2D eigenvalue weighted by molar-refractivity contribution is 0.0898. The minimum atomic E-state index is -0.0657. The van der Waals surface area contributed by atoms with E-state index in [9.17, 15) is 5.11 Å². The number of fused-ring (bicyclic) bond motifs is 5. The predicted octanol–water partition coefficient (Wildman–Crippen LogP) is 9.44. The summed E-state index contributed by atoms with van der Waals surface area (Å²) in [5, 5.41) is 15.0. The van der Waals surface area contributed by atoms with E-state index in [4.69, 9.17) is 19.7 Å². The van der Waals surface area contributed by atoms with Crippen molar-refractivity contribution in [2.24, 2.45) is 26.8 Å². The van der Waals surface area contributed by atoms with Gasteiger partial charge in [0.25, 0.3) is 0 Å². The highest BCUT2D eigenvalue weighted by Gasteiger charge is 2.38. The number of hydrogen-bond donors (Lipinski definition) is 2. The molecule has 0 aromatic heterocycles. The number of allylic oxidation sites excluding steroid dienone is 11. The van der Waals surface area contributed by atoms with Gasteiger partial charge in [0.1, 0.15) is 5.76 Å². The summed E-state index contributed by atoms with van der Waals surface area (Å²) in [7, 11) is 0. The molecule has 8 bridgehead atoms. The van der Waals surface area contributed by atoms with Crippen LogP contribution in [0.3, 0.4) is 0 Å². The Morgan fingerprint density at radius 1 is 0.911 bits per heavy atom. The molecule has 3 atom stereocenters. The molecule has 1 unspecified atom stereocenters. The van der Waals surface area contributed by atoms with Gasteiger partial charge in [-0.2, -0.15) is 0 Å². The number of ether oxygens (including phenoxy) is 1. The summed E-state index contributed by atoms with van der Waals surface area (Å²) in [5.41, 5.74) is 15.7. The van der Waals surface area contributed by atoms with Crippen molar-refractivity contribution in [1.82, 2.24) is 5.32 Å². The number of hydrogen-bond acceptors (Lipinski definition) is 6. The molecular formula is C39H50N4O2. The van der Waals surface area contributed by atoms with Crippen molar-refractivity contribution in [1.29, 1.82) is 0 Å². The van der Waals surface area contributed by atoms with Crippen molar-refractivity contribution < 1.29 is 9.84 Å². The first kappa shape index (κ1) is 31.5. The Morgan fingerprint density at radius 3 is 2.44 bits per heavy atom. The Labute approximate surface area is 269 Å². The summed E-state index contributed by atoms with van der Waals surface area (Å²) in [4.78, 5) is 15.7. The first-order valence-corrected chi connectivity index (χ1v) is 17.3. The fourth-order valence-corrected chi connectivity index (χ4v) is 7.77. The molecule has 0 spiro atoms. The molecule has 1 fully saturated rings. The van der Waals surface area contributed by atoms with Gasteiger partial charge in [0, 0.05) is 53.0 Å². The summed E-state index contributed by atoms with van der Waals surface area (Å²) < 4.78 is 6.46. The van der Waals surface area contributed by atoms with E-state index in [1.165, 1.54) is 47.4 Å². The van der Waals surface area contributed by atoms with Crippen molar-refractivity contribution in [3.63, 3.8) is 0 Å². The van der Waals surface area contributed by atoms with Crippen molar-refractivity contribution in [2.75, 3.05) is 6.61 Å². The quantitative estimate of drug-likeness (QED) is 0.243. The SMILES string of the molecule is CCCCCCOC(C)C1=C(C)C2=CC3=NC(=C4CC(O)=C5C4=NC(=C5C)C=C4NC(=CC1=N2)[C@H](C)[C@H]4CC)C(CCC)=C3C. The van der Waals surface area contributed by atoms with Gasteiger partial charge in [-0.15, -0.1) is 0 Å². The monoisotopic (exact) mass is 606 g/mol. The van der Waals surface area contributed by atoms with Crippen LogP contribution in [0.1, 0.15) is 107 Å². The zero-order chi connectivity index (χ0) is 32.0. The molecule has 0 radical (unpaired) electrons. The highest BCUT2D eigenvalue weighted by molar-refractivity contribution is 6.22. The summed E-state index contributed by atoms with van der Waals surface area (Å²) in [6, 6.07) is 0. The fourth-order valence-electron chi connectivity index (χ4n) is 7.77. The Kier molecular flexibility index (Phi) is 8.89. The van der Waals surface area contributed by atoms with Crippen molar-refractivity contribution in [2.45, 2.75) is 113 Å². The van der Waals surface area contributed by atoms with Gasteiger partial charge in [-0.1, -0.05) is 53.4 Å². The number of aliphatic hydroxyl groups is 1. The highest BCUT2D eigenvalue weighted by Crippen LogP contribution is 2.45. The zero-order valence-corrected chi connectivity index (χ0v) is 28.5. The third-order valence-electron chi connectivity index (χ3n) is 10.4. The Hall–Kier alpha value is -3.51. The number of nitrogens with one attached hydrogen (secondary N) is 1. The van der Waals surface area contributed by atoms with E-state index in [-0.39, 0.29) is 6.10 Å². The molecule has 5 aliphatic heterocycles. The second-order valence-corrected chi connectivity index (χ2v) is 13.4. The highest BCUT2D eigenvalue weighted by atomic mass is 16.5. The molecule has 0 aromatic rings. The number of rotatable bonds is 10. The van der Waals surface area contributed by atoms with Gasteiger partial charge in [-0.3, -0.25) is 0 Å². The standard InChI is InChI=1S/C39H50N4O2/c1-9-12-13-14-16-45-25(8)36-23(6)31-18-30-22(5)27(15-10-2)38(42-30)28-17-35(44)37-24(7)32(43-39(28)37)19-33-26(11-3)21(4)29(40-33)20-34(36)41-31/h18-21,25-26,40,44H,9-17H2,1-8H3/t21-,25?,26-/m1/s1. The zero-order valence-electron chi connectivity index (χ0n) is 28.5. The summed E-state index contributed by atoms with van der Waals surface area (Å²) in [6.07, 6.45) is 14.7. The lowest BCUT2D eigenvalue weighted by atomic mass is 9.89. The molecule has 1 aliphatic carbocycles. The predicted molar refractivity (Wildman–Crippen MR) is 186 cm³/mol. The van der Waals surface area contributed by atoms with E-state index in [1.54, 1.807) is 0 Å². The number of aliphatic imine (C=N–C) groups is 3. The summed E-state index contributed by atoms with van der Waals surface area (Å²) in [5.74, 6) is 1.05. The van der Waals surface area contributed by atoms with E-state index < -0.39 is 0 Å². The van der Waals surface area contributed by atoms with Crippen LogP contribution in [0.4, 0.5) is 0 Å². The maximum Gasteiger partial charge on any atom is 0.106 e. The molecule has 6 rings (SSSR count). The van der Waals surface area contributed by atoms with Crippen LogP contribution < -0.4 is 5.32 Å². The largest absolute Gasteiger partial charge is 0.511 e. The van der Waals surface area contributed by atoms with Gasteiger partial charge in [-0.25, -0.2) is 15.0 Å². The molecule has 45 heavy (non-hydrogen) atoms.